The number of hydrogen-bond donors (Lipinski definition) is 1. The Labute approximate surface area is 220 Å². The summed E-state index contributed by atoms with van der Waals surface area (Å²) >= 11 is 0. The summed E-state index contributed by atoms with van der Waals surface area (Å²) in [6.45, 7) is 5.66. The average Bonchev–Trinajstić information content (AvgIpc) is 2.88. The summed E-state index contributed by atoms with van der Waals surface area (Å²) in [4.78, 5) is 39.4. The molecular weight excluding hydrogens is 508 g/mol. The van der Waals surface area contributed by atoms with Gasteiger partial charge in [0.25, 0.3) is 11.8 Å². The number of aryl methyl sites for hydroxylation is 2. The predicted octanol–water partition coefficient (Wildman–Crippen LogP) is 4.39. The number of benzene rings is 3. The van der Waals surface area contributed by atoms with Gasteiger partial charge in [-0.3, -0.25) is 14.9 Å². The molecule has 0 radical (unpaired) electrons. The molecule has 1 fully saturated rings. The van der Waals surface area contributed by atoms with Gasteiger partial charge in [-0.05, 0) is 67.8 Å². The Bertz CT molecular complexity index is 1540. The first-order valence-corrected chi connectivity index (χ1v) is 13.3. The molecule has 10 heteroatoms. The zero-order valence-corrected chi connectivity index (χ0v) is 21.9. The van der Waals surface area contributed by atoms with Crippen molar-refractivity contribution in [1.82, 2.24) is 5.32 Å². The van der Waals surface area contributed by atoms with Gasteiger partial charge in [0.05, 0.1) is 12.3 Å². The zero-order valence-electron chi connectivity index (χ0n) is 21.1. The Kier molecular flexibility index (Phi) is 7.63. The largest absolute Gasteiger partial charge is 0.490 e. The van der Waals surface area contributed by atoms with Gasteiger partial charge in [-0.25, -0.2) is 9.69 Å². The third kappa shape index (κ3) is 5.45. The fourth-order valence-electron chi connectivity index (χ4n) is 3.89. The van der Waals surface area contributed by atoms with E-state index in [1.54, 1.807) is 43.3 Å². The predicted molar refractivity (Wildman–Crippen MR) is 141 cm³/mol. The number of hydrogen-bond acceptors (Lipinski definition) is 7. The van der Waals surface area contributed by atoms with Crippen LogP contribution in [0.1, 0.15) is 30.5 Å². The molecule has 0 bridgehead atoms. The van der Waals surface area contributed by atoms with Crippen molar-refractivity contribution in [3.05, 3.63) is 89.0 Å². The lowest BCUT2D eigenvalue weighted by Gasteiger charge is -2.28. The number of carbonyl (C=O) groups excluding carboxylic acids is 3. The molecule has 1 aliphatic rings. The van der Waals surface area contributed by atoms with Gasteiger partial charge in [-0.15, -0.1) is 0 Å². The van der Waals surface area contributed by atoms with Crippen LogP contribution in [-0.2, 0) is 26.1 Å². The number of nitrogens with one attached hydrogen (secondary N) is 1. The van der Waals surface area contributed by atoms with Crippen molar-refractivity contribution in [2.45, 2.75) is 32.1 Å². The van der Waals surface area contributed by atoms with E-state index in [0.29, 0.717) is 17.7 Å². The van der Waals surface area contributed by atoms with E-state index in [4.69, 9.17) is 8.92 Å². The van der Waals surface area contributed by atoms with Gasteiger partial charge in [-0.2, -0.15) is 8.42 Å². The second kappa shape index (κ2) is 10.9. The first-order valence-electron chi connectivity index (χ1n) is 11.9. The third-order valence-corrected chi connectivity index (χ3v) is 7.05. The molecule has 0 saturated carbocycles. The van der Waals surface area contributed by atoms with Crippen LogP contribution >= 0.6 is 0 Å². The van der Waals surface area contributed by atoms with Crippen LogP contribution < -0.4 is 19.1 Å². The second-order valence-electron chi connectivity index (χ2n) is 8.43. The summed E-state index contributed by atoms with van der Waals surface area (Å²) in [6, 6.07) is 16.6. The molecule has 1 saturated heterocycles. The van der Waals surface area contributed by atoms with E-state index in [-0.39, 0.29) is 28.6 Å². The van der Waals surface area contributed by atoms with Crippen LogP contribution in [0.5, 0.6) is 11.5 Å². The quantitative estimate of drug-likeness (QED) is 0.259. The standard InChI is InChI=1S/C28H26N2O7S/c1-4-20-8-6-7-9-23(20)30-27(32)22(26(31)29-28(30)33)16-19-12-15-24(25(17-19)36-5-2)37-38(34,35)21-13-10-18(3)11-14-21/h6-17H,4-5H2,1-3H3,(H,29,31,33)/b22-16-. The average molecular weight is 535 g/mol. The normalized spacial score (nSPS) is 15.0. The Morgan fingerprint density at radius 3 is 2.32 bits per heavy atom. The van der Waals surface area contributed by atoms with E-state index in [9.17, 15) is 22.8 Å². The van der Waals surface area contributed by atoms with Gasteiger partial charge in [0.2, 0.25) is 0 Å². The number of ether oxygens (including phenoxy) is 1. The van der Waals surface area contributed by atoms with E-state index in [0.717, 1.165) is 16.0 Å². The number of imide groups is 2. The van der Waals surface area contributed by atoms with Crippen molar-refractivity contribution in [1.29, 1.82) is 0 Å². The fourth-order valence-corrected chi connectivity index (χ4v) is 4.83. The monoisotopic (exact) mass is 534 g/mol. The van der Waals surface area contributed by atoms with Crippen molar-refractivity contribution >= 4 is 39.7 Å². The molecule has 4 amide bonds. The lowest BCUT2D eigenvalue weighted by molar-refractivity contribution is -0.122. The topological polar surface area (TPSA) is 119 Å². The summed E-state index contributed by atoms with van der Waals surface area (Å²) in [6.07, 6.45) is 1.89. The highest BCUT2D eigenvalue weighted by atomic mass is 32.2. The molecule has 0 atom stereocenters. The molecule has 3 aromatic carbocycles. The van der Waals surface area contributed by atoms with Crippen molar-refractivity contribution in [2.75, 3.05) is 11.5 Å². The maximum Gasteiger partial charge on any atom is 0.339 e. The number of nitrogens with zero attached hydrogens (tertiary/aromatic N) is 1. The molecule has 9 nitrogen and oxygen atoms in total. The van der Waals surface area contributed by atoms with E-state index >= 15 is 0 Å². The second-order valence-corrected chi connectivity index (χ2v) is 9.98. The zero-order chi connectivity index (χ0) is 27.4. The minimum atomic E-state index is -4.14. The lowest BCUT2D eigenvalue weighted by atomic mass is 10.0. The summed E-state index contributed by atoms with van der Waals surface area (Å²) < 4.78 is 36.5. The summed E-state index contributed by atoms with van der Waals surface area (Å²) in [5.41, 5.74) is 2.15. The maximum absolute atomic E-state index is 13.3. The van der Waals surface area contributed by atoms with E-state index in [2.05, 4.69) is 5.32 Å². The molecule has 1 N–H and O–H groups in total. The minimum absolute atomic E-state index is 0.0154. The van der Waals surface area contributed by atoms with Crippen LogP contribution in [0.4, 0.5) is 10.5 Å². The van der Waals surface area contributed by atoms with Gasteiger partial charge in [0.1, 0.15) is 10.5 Å². The van der Waals surface area contributed by atoms with Crippen LogP contribution in [-0.4, -0.2) is 32.9 Å². The molecule has 4 rings (SSSR count). The summed E-state index contributed by atoms with van der Waals surface area (Å²) in [5.74, 6) is -1.57. The Balaban J connectivity index is 1.68. The highest BCUT2D eigenvalue weighted by molar-refractivity contribution is 7.87. The first kappa shape index (κ1) is 26.6. The third-order valence-electron chi connectivity index (χ3n) is 5.80. The van der Waals surface area contributed by atoms with E-state index in [1.807, 2.05) is 13.8 Å². The van der Waals surface area contributed by atoms with Crippen molar-refractivity contribution in [3.63, 3.8) is 0 Å². The van der Waals surface area contributed by atoms with Crippen LogP contribution in [0.25, 0.3) is 6.08 Å². The molecule has 0 aromatic heterocycles. The fraction of sp³-hybridized carbons (Fsp3) is 0.179. The van der Waals surface area contributed by atoms with E-state index in [1.165, 1.54) is 36.4 Å². The molecule has 3 aromatic rings. The molecule has 1 aliphatic heterocycles. The highest BCUT2D eigenvalue weighted by Crippen LogP contribution is 2.33. The minimum Gasteiger partial charge on any atom is -0.490 e. The molecule has 0 spiro atoms. The number of amides is 4. The number of anilines is 1. The van der Waals surface area contributed by atoms with Gasteiger partial charge >= 0.3 is 16.1 Å². The number of urea groups is 1. The number of rotatable bonds is 8. The first-order chi connectivity index (χ1) is 18.1. The maximum atomic E-state index is 13.3. The number of barbiturate groups is 1. The highest BCUT2D eigenvalue weighted by Gasteiger charge is 2.37. The van der Waals surface area contributed by atoms with Crippen molar-refractivity contribution < 1.29 is 31.7 Å². The molecular formula is C28H26N2O7S. The van der Waals surface area contributed by atoms with Crippen molar-refractivity contribution in [2.24, 2.45) is 0 Å². The van der Waals surface area contributed by atoms with Gasteiger partial charge < -0.3 is 8.92 Å². The Morgan fingerprint density at radius 2 is 1.63 bits per heavy atom. The van der Waals surface area contributed by atoms with Crippen LogP contribution in [0, 0.1) is 6.92 Å². The van der Waals surface area contributed by atoms with Crippen molar-refractivity contribution in [3.8, 4) is 11.5 Å². The summed E-state index contributed by atoms with van der Waals surface area (Å²) in [7, 11) is -4.14. The van der Waals surface area contributed by atoms with Gasteiger partial charge in [0.15, 0.2) is 11.5 Å². The molecule has 1 heterocycles. The number of para-hydroxylation sites is 1. The Morgan fingerprint density at radius 1 is 0.921 bits per heavy atom. The smallest absolute Gasteiger partial charge is 0.339 e. The van der Waals surface area contributed by atoms with Crippen LogP contribution in [0.2, 0.25) is 0 Å². The molecule has 196 valence electrons. The lowest BCUT2D eigenvalue weighted by Crippen LogP contribution is -2.54. The molecule has 0 aliphatic carbocycles. The van der Waals surface area contributed by atoms with E-state index < -0.39 is 28.0 Å². The molecule has 0 unspecified atom stereocenters. The molecule has 38 heavy (non-hydrogen) atoms. The summed E-state index contributed by atoms with van der Waals surface area (Å²) in [5, 5.41) is 2.21. The van der Waals surface area contributed by atoms with Gasteiger partial charge in [-0.1, -0.05) is 48.9 Å². The number of carbonyl (C=O) groups is 3. The van der Waals surface area contributed by atoms with Crippen LogP contribution in [0.15, 0.2) is 77.2 Å². The Hall–Kier alpha value is -4.44. The van der Waals surface area contributed by atoms with Crippen LogP contribution in [0.3, 0.4) is 0 Å². The van der Waals surface area contributed by atoms with Gasteiger partial charge in [0, 0.05) is 0 Å². The SMILES string of the molecule is CCOc1cc(/C=C2/C(=O)NC(=O)N(c3ccccc3CC)C2=O)ccc1OS(=O)(=O)c1ccc(C)cc1.